The van der Waals surface area contributed by atoms with Crippen molar-refractivity contribution in [1.82, 2.24) is 5.32 Å². The minimum absolute atomic E-state index is 0.00429. The molecule has 0 aliphatic heterocycles. The molecule has 0 aromatic heterocycles. The molecule has 0 amide bonds. The second-order valence-corrected chi connectivity index (χ2v) is 5.72. The third-order valence-corrected chi connectivity index (χ3v) is 3.61. The van der Waals surface area contributed by atoms with Crippen molar-refractivity contribution in [2.45, 2.75) is 57.7 Å². The van der Waals surface area contributed by atoms with Gasteiger partial charge in [0.25, 0.3) is 0 Å². The third kappa shape index (κ3) is 6.36. The van der Waals surface area contributed by atoms with Crippen LogP contribution >= 0.6 is 0 Å². The summed E-state index contributed by atoms with van der Waals surface area (Å²) in [5.74, 6) is 0.159. The lowest BCUT2D eigenvalue weighted by atomic mass is 9.79. The Morgan fingerprint density at radius 1 is 1.58 bits per heavy atom. The van der Waals surface area contributed by atoms with Crippen LogP contribution in [-0.4, -0.2) is 47.6 Å². The van der Waals surface area contributed by atoms with Gasteiger partial charge in [-0.25, -0.2) is 0 Å². The van der Waals surface area contributed by atoms with E-state index in [1.165, 1.54) is 6.42 Å². The quantitative estimate of drug-likeness (QED) is 0.599. The number of hydrogen-bond donors (Lipinski definition) is 3. The lowest BCUT2D eigenvalue weighted by Crippen LogP contribution is -2.45. The van der Waals surface area contributed by atoms with Gasteiger partial charge in [0.1, 0.15) is 0 Å². The maximum absolute atomic E-state index is 11.2. The van der Waals surface area contributed by atoms with Crippen molar-refractivity contribution in [1.29, 1.82) is 0 Å². The standard InChI is InChI=1S/C14H27NO4/c1-3-19-13(17)7-12(16)9-15-10-14(18)6-4-5-11(2)8-14/h11-12,15-16,18H,3-10H2,1-2H3. The molecule has 1 fully saturated rings. The van der Waals surface area contributed by atoms with E-state index in [1.54, 1.807) is 6.92 Å². The SMILES string of the molecule is CCOC(=O)CC(O)CNCC1(O)CCCC(C)C1. The smallest absolute Gasteiger partial charge is 0.308 e. The molecule has 1 aliphatic carbocycles. The molecule has 0 radical (unpaired) electrons. The van der Waals surface area contributed by atoms with Crippen LogP contribution in [0.2, 0.25) is 0 Å². The largest absolute Gasteiger partial charge is 0.466 e. The summed E-state index contributed by atoms with van der Waals surface area (Å²) >= 11 is 0. The number of carbonyl (C=O) groups is 1. The highest BCUT2D eigenvalue weighted by molar-refractivity contribution is 5.69. The van der Waals surface area contributed by atoms with Crippen molar-refractivity contribution >= 4 is 5.97 Å². The number of aliphatic hydroxyl groups excluding tert-OH is 1. The first kappa shape index (κ1) is 16.4. The zero-order chi connectivity index (χ0) is 14.3. The molecule has 5 nitrogen and oxygen atoms in total. The summed E-state index contributed by atoms with van der Waals surface area (Å²) in [5.41, 5.74) is -0.665. The van der Waals surface area contributed by atoms with Crippen molar-refractivity contribution in [3.05, 3.63) is 0 Å². The van der Waals surface area contributed by atoms with E-state index in [0.29, 0.717) is 25.6 Å². The van der Waals surface area contributed by atoms with Gasteiger partial charge in [0.15, 0.2) is 0 Å². The van der Waals surface area contributed by atoms with Gasteiger partial charge in [-0.1, -0.05) is 19.8 Å². The molecule has 0 heterocycles. The predicted octanol–water partition coefficient (Wildman–Crippen LogP) is 0.831. The van der Waals surface area contributed by atoms with Crippen LogP contribution in [0.4, 0.5) is 0 Å². The first-order chi connectivity index (χ1) is 8.95. The van der Waals surface area contributed by atoms with E-state index < -0.39 is 11.7 Å². The zero-order valence-electron chi connectivity index (χ0n) is 12.0. The van der Waals surface area contributed by atoms with Crippen LogP contribution in [0.5, 0.6) is 0 Å². The monoisotopic (exact) mass is 273 g/mol. The van der Waals surface area contributed by atoms with E-state index >= 15 is 0 Å². The molecule has 1 saturated carbocycles. The van der Waals surface area contributed by atoms with Gasteiger partial charge in [0.2, 0.25) is 0 Å². The van der Waals surface area contributed by atoms with Gasteiger partial charge in [-0.05, 0) is 25.7 Å². The molecule has 1 aliphatic rings. The Hall–Kier alpha value is -0.650. The van der Waals surface area contributed by atoms with Crippen molar-refractivity contribution < 1.29 is 19.7 Å². The molecule has 0 saturated heterocycles. The molecule has 5 heteroatoms. The van der Waals surface area contributed by atoms with E-state index in [1.807, 2.05) is 0 Å². The van der Waals surface area contributed by atoms with Crippen LogP contribution in [0, 0.1) is 5.92 Å². The number of hydrogen-bond acceptors (Lipinski definition) is 5. The fourth-order valence-corrected chi connectivity index (χ4v) is 2.75. The van der Waals surface area contributed by atoms with Gasteiger partial charge in [-0.15, -0.1) is 0 Å². The van der Waals surface area contributed by atoms with Crippen LogP contribution < -0.4 is 5.32 Å². The lowest BCUT2D eigenvalue weighted by Gasteiger charge is -2.36. The Labute approximate surface area is 115 Å². The number of rotatable bonds is 7. The molecule has 3 N–H and O–H groups in total. The Bertz CT molecular complexity index is 285. The Morgan fingerprint density at radius 3 is 2.95 bits per heavy atom. The summed E-state index contributed by atoms with van der Waals surface area (Å²) < 4.78 is 4.77. The second-order valence-electron chi connectivity index (χ2n) is 5.72. The summed E-state index contributed by atoms with van der Waals surface area (Å²) in [6.07, 6.45) is 3.06. The average Bonchev–Trinajstić information content (AvgIpc) is 2.28. The molecular weight excluding hydrogens is 246 g/mol. The molecule has 3 atom stereocenters. The number of nitrogens with one attached hydrogen (secondary N) is 1. The molecule has 0 aromatic carbocycles. The zero-order valence-corrected chi connectivity index (χ0v) is 12.0. The highest BCUT2D eigenvalue weighted by Gasteiger charge is 2.32. The van der Waals surface area contributed by atoms with Crippen molar-refractivity contribution in [3.63, 3.8) is 0 Å². The summed E-state index contributed by atoms with van der Waals surface area (Å²) in [6, 6.07) is 0. The Kier molecular flexibility index (Phi) is 6.75. The molecule has 0 aromatic rings. The van der Waals surface area contributed by atoms with Crippen LogP contribution in [0.1, 0.15) is 46.0 Å². The average molecular weight is 273 g/mol. The molecule has 19 heavy (non-hydrogen) atoms. The minimum atomic E-state index is -0.760. The third-order valence-electron chi connectivity index (χ3n) is 3.61. The second kappa shape index (κ2) is 7.82. The first-order valence-corrected chi connectivity index (χ1v) is 7.22. The van der Waals surface area contributed by atoms with Crippen molar-refractivity contribution in [2.75, 3.05) is 19.7 Å². The van der Waals surface area contributed by atoms with Gasteiger partial charge in [-0.3, -0.25) is 4.79 Å². The number of carbonyl (C=O) groups excluding carboxylic acids is 1. The van der Waals surface area contributed by atoms with E-state index in [-0.39, 0.29) is 12.4 Å². The van der Waals surface area contributed by atoms with Gasteiger partial charge < -0.3 is 20.3 Å². The van der Waals surface area contributed by atoms with E-state index in [2.05, 4.69) is 12.2 Å². The van der Waals surface area contributed by atoms with Gasteiger partial charge >= 0.3 is 5.97 Å². The molecule has 112 valence electrons. The molecule has 3 unspecified atom stereocenters. The predicted molar refractivity (Wildman–Crippen MR) is 72.7 cm³/mol. The first-order valence-electron chi connectivity index (χ1n) is 7.22. The Morgan fingerprint density at radius 2 is 2.32 bits per heavy atom. The summed E-state index contributed by atoms with van der Waals surface area (Å²) in [6.45, 7) is 4.99. The van der Waals surface area contributed by atoms with Crippen LogP contribution in [0.25, 0.3) is 0 Å². The van der Waals surface area contributed by atoms with Crippen LogP contribution in [0.15, 0.2) is 0 Å². The van der Waals surface area contributed by atoms with Gasteiger partial charge in [0.05, 0.1) is 24.7 Å². The minimum Gasteiger partial charge on any atom is -0.466 e. The maximum Gasteiger partial charge on any atom is 0.308 e. The van der Waals surface area contributed by atoms with E-state index in [0.717, 1.165) is 19.3 Å². The number of aliphatic hydroxyl groups is 2. The molecular formula is C14H27NO4. The summed E-state index contributed by atoms with van der Waals surface area (Å²) in [4.78, 5) is 11.2. The van der Waals surface area contributed by atoms with Crippen LogP contribution in [-0.2, 0) is 9.53 Å². The summed E-state index contributed by atoms with van der Waals surface area (Å²) in [5, 5.41) is 23.1. The molecule has 1 rings (SSSR count). The highest BCUT2D eigenvalue weighted by Crippen LogP contribution is 2.31. The maximum atomic E-state index is 11.2. The Balaban J connectivity index is 2.20. The van der Waals surface area contributed by atoms with Crippen LogP contribution in [0.3, 0.4) is 0 Å². The topological polar surface area (TPSA) is 78.8 Å². The fraction of sp³-hybridized carbons (Fsp3) is 0.929. The highest BCUT2D eigenvalue weighted by atomic mass is 16.5. The van der Waals surface area contributed by atoms with Crippen molar-refractivity contribution in [2.24, 2.45) is 5.92 Å². The molecule has 0 spiro atoms. The lowest BCUT2D eigenvalue weighted by molar-refractivity contribution is -0.145. The number of esters is 1. The summed E-state index contributed by atoms with van der Waals surface area (Å²) in [7, 11) is 0. The number of ether oxygens (including phenoxy) is 1. The van der Waals surface area contributed by atoms with Gasteiger partial charge in [0, 0.05) is 13.1 Å². The molecule has 0 bridgehead atoms. The normalized spacial score (nSPS) is 28.9. The van der Waals surface area contributed by atoms with Crippen molar-refractivity contribution in [3.8, 4) is 0 Å². The van der Waals surface area contributed by atoms with E-state index in [9.17, 15) is 15.0 Å². The fourth-order valence-electron chi connectivity index (χ4n) is 2.75. The van der Waals surface area contributed by atoms with E-state index in [4.69, 9.17) is 4.74 Å². The van der Waals surface area contributed by atoms with Gasteiger partial charge in [-0.2, -0.15) is 0 Å².